The number of nitrogens with zero attached hydrogens (tertiary/aromatic N) is 4. The minimum atomic E-state index is 0.794. The maximum absolute atomic E-state index is 4.72. The van der Waals surface area contributed by atoms with Crippen molar-refractivity contribution in [1.29, 1.82) is 0 Å². The molecule has 132 valence electrons. The lowest BCUT2D eigenvalue weighted by atomic mass is 10.1. The standard InChI is InChI=1S/C20H21N5S/c1-24(2)12-13-25-17-9-5-3-7-15(17)19(16-8-4-6-10-18(16)25)22-23-20-21-11-14-26-20/h3-11,14H,12-13H2,1-2H3,(H,21,23). The molecule has 0 spiro atoms. The number of hydrogen-bond acceptors (Lipinski definition) is 5. The number of likely N-dealkylation sites (N-methyl/N-ethyl adjacent to an activating group) is 1. The quantitative estimate of drug-likeness (QED) is 0.434. The summed E-state index contributed by atoms with van der Waals surface area (Å²) in [5.41, 5.74) is 5.49. The van der Waals surface area contributed by atoms with Gasteiger partial charge in [0, 0.05) is 35.4 Å². The lowest BCUT2D eigenvalue weighted by molar-refractivity contribution is 0.389. The van der Waals surface area contributed by atoms with Crippen LogP contribution in [-0.2, 0) is 6.54 Å². The van der Waals surface area contributed by atoms with E-state index in [4.69, 9.17) is 5.10 Å². The molecule has 0 bridgehead atoms. The summed E-state index contributed by atoms with van der Waals surface area (Å²) in [6, 6.07) is 16.9. The molecule has 0 fully saturated rings. The molecule has 0 amide bonds. The zero-order chi connectivity index (χ0) is 17.9. The summed E-state index contributed by atoms with van der Waals surface area (Å²) in [5.74, 6) is 0. The Morgan fingerprint density at radius 3 is 2.27 bits per heavy atom. The van der Waals surface area contributed by atoms with Crippen LogP contribution in [0, 0.1) is 0 Å². The Morgan fingerprint density at radius 2 is 1.69 bits per heavy atom. The first-order valence-corrected chi connectivity index (χ1v) is 9.46. The molecule has 1 N–H and O–H groups in total. The van der Waals surface area contributed by atoms with Gasteiger partial charge >= 0.3 is 0 Å². The molecule has 0 atom stereocenters. The lowest BCUT2D eigenvalue weighted by Gasteiger charge is -2.18. The minimum absolute atomic E-state index is 0.794. The number of pyridine rings is 1. The molecule has 5 nitrogen and oxygen atoms in total. The Bertz CT molecular complexity index is 1040. The molecular weight excluding hydrogens is 342 g/mol. The van der Waals surface area contributed by atoms with Gasteiger partial charge in [-0.1, -0.05) is 36.4 Å². The Kier molecular flexibility index (Phi) is 4.69. The van der Waals surface area contributed by atoms with Gasteiger partial charge < -0.3 is 9.47 Å². The first kappa shape index (κ1) is 16.8. The molecule has 0 saturated carbocycles. The lowest BCUT2D eigenvalue weighted by Crippen LogP contribution is -2.21. The topological polar surface area (TPSA) is 45.5 Å². The van der Waals surface area contributed by atoms with E-state index in [1.54, 1.807) is 17.5 Å². The highest BCUT2D eigenvalue weighted by molar-refractivity contribution is 7.13. The van der Waals surface area contributed by atoms with Gasteiger partial charge in [-0.2, -0.15) is 5.10 Å². The zero-order valence-corrected chi connectivity index (χ0v) is 15.7. The second-order valence-electron chi connectivity index (χ2n) is 6.40. The third-order valence-electron chi connectivity index (χ3n) is 4.37. The molecule has 2 aromatic heterocycles. The zero-order valence-electron chi connectivity index (χ0n) is 14.9. The van der Waals surface area contributed by atoms with Crippen molar-refractivity contribution in [3.63, 3.8) is 0 Å². The van der Waals surface area contributed by atoms with Crippen LogP contribution in [0.1, 0.15) is 0 Å². The van der Waals surface area contributed by atoms with E-state index in [9.17, 15) is 0 Å². The Labute approximate surface area is 156 Å². The van der Waals surface area contributed by atoms with Crippen molar-refractivity contribution in [2.45, 2.75) is 6.54 Å². The van der Waals surface area contributed by atoms with Gasteiger partial charge in [-0.05, 0) is 26.2 Å². The monoisotopic (exact) mass is 363 g/mol. The number of para-hydroxylation sites is 2. The Morgan fingerprint density at radius 1 is 1.04 bits per heavy atom. The summed E-state index contributed by atoms with van der Waals surface area (Å²) >= 11 is 1.54. The molecule has 0 unspecified atom stereocenters. The molecule has 2 heterocycles. The van der Waals surface area contributed by atoms with Gasteiger partial charge in [0.2, 0.25) is 5.13 Å². The molecule has 0 aliphatic carbocycles. The van der Waals surface area contributed by atoms with Crippen LogP contribution in [0.25, 0.3) is 21.8 Å². The molecule has 4 rings (SSSR count). The molecule has 26 heavy (non-hydrogen) atoms. The SMILES string of the molecule is CN(C)CCn1c2ccccc2c(=NNc2nccs2)c2ccccc21. The van der Waals surface area contributed by atoms with Crippen molar-refractivity contribution < 1.29 is 0 Å². The molecule has 6 heteroatoms. The number of anilines is 1. The van der Waals surface area contributed by atoms with Crippen LogP contribution in [0.15, 0.2) is 65.2 Å². The second kappa shape index (κ2) is 7.27. The van der Waals surface area contributed by atoms with Crippen LogP contribution in [-0.4, -0.2) is 35.1 Å². The fourth-order valence-corrected chi connectivity index (χ4v) is 3.61. The highest BCUT2D eigenvalue weighted by atomic mass is 32.1. The summed E-state index contributed by atoms with van der Waals surface area (Å²) in [6.45, 7) is 1.90. The number of thiazole rings is 1. The third-order valence-corrected chi connectivity index (χ3v) is 5.04. The van der Waals surface area contributed by atoms with E-state index in [1.807, 2.05) is 5.38 Å². The number of rotatable bonds is 5. The van der Waals surface area contributed by atoms with E-state index in [1.165, 1.54) is 11.0 Å². The normalized spacial score (nSPS) is 11.3. The number of nitrogens with one attached hydrogen (secondary N) is 1. The average Bonchev–Trinajstić information content (AvgIpc) is 3.17. The van der Waals surface area contributed by atoms with Crippen LogP contribution in [0.5, 0.6) is 0 Å². The van der Waals surface area contributed by atoms with Crippen molar-refractivity contribution in [3.8, 4) is 0 Å². The van der Waals surface area contributed by atoms with Gasteiger partial charge in [-0.15, -0.1) is 11.3 Å². The van der Waals surface area contributed by atoms with Gasteiger partial charge in [-0.25, -0.2) is 4.98 Å². The Hall–Kier alpha value is -2.70. The van der Waals surface area contributed by atoms with Crippen LogP contribution >= 0.6 is 11.3 Å². The predicted octanol–water partition coefficient (Wildman–Crippen LogP) is 3.74. The van der Waals surface area contributed by atoms with E-state index in [0.717, 1.165) is 34.4 Å². The maximum atomic E-state index is 4.72. The summed E-state index contributed by atoms with van der Waals surface area (Å²) < 4.78 is 2.38. The van der Waals surface area contributed by atoms with Crippen molar-refractivity contribution in [1.82, 2.24) is 14.5 Å². The van der Waals surface area contributed by atoms with E-state index < -0.39 is 0 Å². The van der Waals surface area contributed by atoms with Crippen LogP contribution < -0.4 is 10.8 Å². The van der Waals surface area contributed by atoms with Crippen molar-refractivity contribution >= 4 is 38.3 Å². The maximum Gasteiger partial charge on any atom is 0.203 e. The van der Waals surface area contributed by atoms with Gasteiger partial charge in [0.05, 0.1) is 11.0 Å². The first-order chi connectivity index (χ1) is 12.7. The van der Waals surface area contributed by atoms with Crippen molar-refractivity contribution in [2.24, 2.45) is 5.10 Å². The van der Waals surface area contributed by atoms with Gasteiger partial charge in [0.15, 0.2) is 0 Å². The van der Waals surface area contributed by atoms with Gasteiger partial charge in [-0.3, -0.25) is 5.43 Å². The Balaban J connectivity index is 1.99. The van der Waals surface area contributed by atoms with Gasteiger partial charge in [0.25, 0.3) is 0 Å². The summed E-state index contributed by atoms with van der Waals surface area (Å²) in [4.78, 5) is 6.47. The van der Waals surface area contributed by atoms with E-state index in [-0.39, 0.29) is 0 Å². The van der Waals surface area contributed by atoms with Gasteiger partial charge in [0.1, 0.15) is 5.36 Å². The third kappa shape index (κ3) is 3.21. The number of benzene rings is 2. The molecule has 0 aliphatic rings. The van der Waals surface area contributed by atoms with Crippen LogP contribution in [0.2, 0.25) is 0 Å². The fourth-order valence-electron chi connectivity index (χ4n) is 3.14. The molecule has 0 radical (unpaired) electrons. The van der Waals surface area contributed by atoms with Crippen molar-refractivity contribution in [2.75, 3.05) is 26.1 Å². The largest absolute Gasteiger partial charge is 0.339 e. The molecule has 2 aromatic carbocycles. The number of aromatic nitrogens is 2. The molecule has 0 aliphatic heterocycles. The minimum Gasteiger partial charge on any atom is -0.339 e. The first-order valence-electron chi connectivity index (χ1n) is 8.58. The summed E-state index contributed by atoms with van der Waals surface area (Å²) in [7, 11) is 4.21. The average molecular weight is 363 g/mol. The van der Waals surface area contributed by atoms with Crippen LogP contribution in [0.3, 0.4) is 0 Å². The summed E-state index contributed by atoms with van der Waals surface area (Å²) in [6.07, 6.45) is 1.78. The second-order valence-corrected chi connectivity index (χ2v) is 7.29. The molecule has 0 saturated heterocycles. The predicted molar refractivity (Wildman–Crippen MR) is 109 cm³/mol. The number of fused-ring (bicyclic) bond motifs is 2. The fraction of sp³-hybridized carbons (Fsp3) is 0.200. The van der Waals surface area contributed by atoms with Crippen LogP contribution in [0.4, 0.5) is 5.13 Å². The summed E-state index contributed by atoms with van der Waals surface area (Å²) in [5, 5.41) is 10.7. The smallest absolute Gasteiger partial charge is 0.203 e. The van der Waals surface area contributed by atoms with E-state index in [2.05, 4.69) is 82.5 Å². The molecule has 4 aromatic rings. The van der Waals surface area contributed by atoms with E-state index >= 15 is 0 Å². The van der Waals surface area contributed by atoms with Crippen molar-refractivity contribution in [3.05, 3.63) is 65.5 Å². The highest BCUT2D eigenvalue weighted by Crippen LogP contribution is 2.19. The molecular formula is C20H21N5S. The van der Waals surface area contributed by atoms with E-state index in [0.29, 0.717) is 0 Å². The number of hydrogen-bond donors (Lipinski definition) is 1. The highest BCUT2D eigenvalue weighted by Gasteiger charge is 2.09.